The summed E-state index contributed by atoms with van der Waals surface area (Å²) in [5, 5.41) is 12.3. The van der Waals surface area contributed by atoms with Crippen LogP contribution in [0.4, 0.5) is 5.69 Å². The second-order valence-corrected chi connectivity index (χ2v) is 5.70. The van der Waals surface area contributed by atoms with Gasteiger partial charge in [0.2, 0.25) is 0 Å². The molecule has 0 spiro atoms. The standard InChI is InChI=1S/C9H14N4O4S/c14-9(15)7-12-6-8(5-10-12)11-18(16,17)13-3-1-2-4-13/h5-6,11H,1-4,7H2,(H,14,15). The first-order chi connectivity index (χ1) is 8.47. The molecule has 0 radical (unpaired) electrons. The average Bonchev–Trinajstić information content (AvgIpc) is 2.87. The fourth-order valence-electron chi connectivity index (χ4n) is 1.78. The molecule has 2 N–H and O–H groups in total. The first-order valence-electron chi connectivity index (χ1n) is 5.49. The Morgan fingerprint density at radius 2 is 2.11 bits per heavy atom. The highest BCUT2D eigenvalue weighted by Gasteiger charge is 2.25. The van der Waals surface area contributed by atoms with Crippen LogP contribution < -0.4 is 4.72 Å². The maximum absolute atomic E-state index is 11.9. The van der Waals surface area contributed by atoms with Gasteiger partial charge in [-0.3, -0.25) is 14.2 Å². The number of carboxylic acid groups (broad SMARTS) is 1. The van der Waals surface area contributed by atoms with Crippen molar-refractivity contribution in [2.45, 2.75) is 19.4 Å². The SMILES string of the molecule is O=C(O)Cn1cc(NS(=O)(=O)N2CCCC2)cn1. The predicted octanol–water partition coefficient (Wildman–Crippen LogP) is -0.280. The van der Waals surface area contributed by atoms with E-state index in [1.807, 2.05) is 0 Å². The summed E-state index contributed by atoms with van der Waals surface area (Å²) in [7, 11) is -3.55. The molecule has 0 bridgehead atoms. The molecule has 8 nitrogen and oxygen atoms in total. The fraction of sp³-hybridized carbons (Fsp3) is 0.556. The van der Waals surface area contributed by atoms with Gasteiger partial charge in [0.05, 0.1) is 11.9 Å². The maximum atomic E-state index is 11.9. The summed E-state index contributed by atoms with van der Waals surface area (Å²) in [6.45, 7) is 0.725. The van der Waals surface area contributed by atoms with Crippen molar-refractivity contribution in [1.82, 2.24) is 14.1 Å². The van der Waals surface area contributed by atoms with Crippen LogP contribution in [-0.4, -0.2) is 46.7 Å². The van der Waals surface area contributed by atoms with Crippen LogP contribution in [0.3, 0.4) is 0 Å². The Kier molecular flexibility index (Phi) is 3.53. The molecule has 0 unspecified atom stereocenters. The molecular weight excluding hydrogens is 260 g/mol. The maximum Gasteiger partial charge on any atom is 0.325 e. The van der Waals surface area contributed by atoms with E-state index in [0.29, 0.717) is 13.1 Å². The number of hydrogen-bond acceptors (Lipinski definition) is 4. The average molecular weight is 274 g/mol. The van der Waals surface area contributed by atoms with Crippen molar-refractivity contribution in [1.29, 1.82) is 0 Å². The van der Waals surface area contributed by atoms with Gasteiger partial charge in [0, 0.05) is 19.3 Å². The van der Waals surface area contributed by atoms with Gasteiger partial charge in [-0.2, -0.15) is 17.8 Å². The summed E-state index contributed by atoms with van der Waals surface area (Å²) >= 11 is 0. The topological polar surface area (TPSA) is 105 Å². The summed E-state index contributed by atoms with van der Waals surface area (Å²) in [5.41, 5.74) is 0.267. The number of anilines is 1. The molecule has 1 aromatic rings. The lowest BCUT2D eigenvalue weighted by atomic mass is 10.4. The van der Waals surface area contributed by atoms with Crippen molar-refractivity contribution >= 4 is 21.9 Å². The van der Waals surface area contributed by atoms with Crippen LogP contribution in [0, 0.1) is 0 Å². The molecule has 2 rings (SSSR count). The Hall–Kier alpha value is -1.61. The van der Waals surface area contributed by atoms with Crippen molar-refractivity contribution in [2.75, 3.05) is 17.8 Å². The Balaban J connectivity index is 2.04. The molecule has 1 fully saturated rings. The van der Waals surface area contributed by atoms with Crippen LogP contribution in [0.25, 0.3) is 0 Å². The summed E-state index contributed by atoms with van der Waals surface area (Å²) in [6, 6.07) is 0. The third-order valence-corrected chi connectivity index (χ3v) is 4.12. The predicted molar refractivity (Wildman–Crippen MR) is 63.2 cm³/mol. The molecule has 0 saturated carbocycles. The van der Waals surface area contributed by atoms with Crippen LogP contribution in [0.15, 0.2) is 12.4 Å². The van der Waals surface area contributed by atoms with Gasteiger partial charge < -0.3 is 5.11 Å². The molecule has 1 aromatic heterocycles. The monoisotopic (exact) mass is 274 g/mol. The van der Waals surface area contributed by atoms with Gasteiger partial charge in [-0.25, -0.2) is 0 Å². The molecule has 1 saturated heterocycles. The van der Waals surface area contributed by atoms with Crippen LogP contribution in [0.1, 0.15) is 12.8 Å². The van der Waals surface area contributed by atoms with Gasteiger partial charge in [0.25, 0.3) is 0 Å². The quantitative estimate of drug-likeness (QED) is 0.768. The number of carbonyl (C=O) groups is 1. The van der Waals surface area contributed by atoms with E-state index in [4.69, 9.17) is 5.11 Å². The summed E-state index contributed by atoms with van der Waals surface area (Å²) in [6.07, 6.45) is 4.36. The van der Waals surface area contributed by atoms with E-state index in [9.17, 15) is 13.2 Å². The molecule has 0 atom stereocenters. The highest BCUT2D eigenvalue weighted by molar-refractivity contribution is 7.90. The zero-order valence-corrected chi connectivity index (χ0v) is 10.4. The smallest absolute Gasteiger partial charge is 0.325 e. The first-order valence-corrected chi connectivity index (χ1v) is 6.93. The minimum absolute atomic E-state index is 0.267. The van der Waals surface area contributed by atoms with Gasteiger partial charge in [-0.05, 0) is 12.8 Å². The molecule has 0 amide bonds. The lowest BCUT2D eigenvalue weighted by Gasteiger charge is -2.15. The van der Waals surface area contributed by atoms with Crippen molar-refractivity contribution < 1.29 is 18.3 Å². The Morgan fingerprint density at radius 3 is 2.72 bits per heavy atom. The van der Waals surface area contributed by atoms with Gasteiger partial charge >= 0.3 is 16.2 Å². The number of rotatable bonds is 5. The summed E-state index contributed by atoms with van der Waals surface area (Å²) < 4.78 is 28.7. The normalized spacial score (nSPS) is 16.9. The third-order valence-electron chi connectivity index (χ3n) is 2.58. The number of carboxylic acids is 1. The van der Waals surface area contributed by atoms with E-state index in [1.165, 1.54) is 16.7 Å². The molecule has 0 aromatic carbocycles. The van der Waals surface area contributed by atoms with E-state index in [1.54, 1.807) is 0 Å². The van der Waals surface area contributed by atoms with Gasteiger partial charge in [-0.15, -0.1) is 0 Å². The number of nitrogens with one attached hydrogen (secondary N) is 1. The van der Waals surface area contributed by atoms with Crippen molar-refractivity contribution in [3.05, 3.63) is 12.4 Å². The summed E-state index contributed by atoms with van der Waals surface area (Å²) in [4.78, 5) is 10.5. The van der Waals surface area contributed by atoms with Gasteiger partial charge in [0.15, 0.2) is 0 Å². The second-order valence-electron chi connectivity index (χ2n) is 4.03. The van der Waals surface area contributed by atoms with Crippen LogP contribution in [0.5, 0.6) is 0 Å². The Labute approximate surface area is 104 Å². The minimum atomic E-state index is -3.55. The van der Waals surface area contributed by atoms with E-state index in [0.717, 1.165) is 17.5 Å². The minimum Gasteiger partial charge on any atom is -0.480 e. The zero-order valence-electron chi connectivity index (χ0n) is 9.61. The number of aromatic nitrogens is 2. The van der Waals surface area contributed by atoms with Gasteiger partial charge in [0.1, 0.15) is 6.54 Å². The molecule has 0 aliphatic carbocycles. The molecule has 9 heteroatoms. The van der Waals surface area contributed by atoms with Gasteiger partial charge in [-0.1, -0.05) is 0 Å². The zero-order chi connectivity index (χ0) is 13.2. The molecular formula is C9H14N4O4S. The van der Waals surface area contributed by atoms with Crippen molar-refractivity contribution in [3.8, 4) is 0 Å². The van der Waals surface area contributed by atoms with E-state index in [2.05, 4.69) is 9.82 Å². The second kappa shape index (κ2) is 4.94. The van der Waals surface area contributed by atoms with Crippen molar-refractivity contribution in [2.24, 2.45) is 0 Å². The lowest BCUT2D eigenvalue weighted by molar-refractivity contribution is -0.137. The van der Waals surface area contributed by atoms with E-state index < -0.39 is 16.2 Å². The molecule has 18 heavy (non-hydrogen) atoms. The summed E-state index contributed by atoms with van der Waals surface area (Å²) in [5.74, 6) is -1.04. The highest BCUT2D eigenvalue weighted by atomic mass is 32.2. The molecule has 1 aliphatic heterocycles. The highest BCUT2D eigenvalue weighted by Crippen LogP contribution is 2.15. The van der Waals surface area contributed by atoms with Crippen molar-refractivity contribution in [3.63, 3.8) is 0 Å². The molecule has 2 heterocycles. The Bertz CT molecular complexity index is 533. The number of nitrogens with zero attached hydrogens (tertiary/aromatic N) is 3. The fourth-order valence-corrected chi connectivity index (χ4v) is 3.05. The van der Waals surface area contributed by atoms with E-state index >= 15 is 0 Å². The third kappa shape index (κ3) is 2.99. The molecule has 100 valence electrons. The van der Waals surface area contributed by atoms with Crippen LogP contribution in [0.2, 0.25) is 0 Å². The Morgan fingerprint density at radius 1 is 1.44 bits per heavy atom. The van der Waals surface area contributed by atoms with Crippen LogP contribution >= 0.6 is 0 Å². The first kappa shape index (κ1) is 12.8. The largest absolute Gasteiger partial charge is 0.480 e. The number of aliphatic carboxylic acids is 1. The number of hydrogen-bond donors (Lipinski definition) is 2. The lowest BCUT2D eigenvalue weighted by Crippen LogP contribution is -2.33. The van der Waals surface area contributed by atoms with E-state index in [-0.39, 0.29) is 12.2 Å². The molecule has 1 aliphatic rings. The van der Waals surface area contributed by atoms with Crippen LogP contribution in [-0.2, 0) is 21.5 Å².